The second-order valence-electron chi connectivity index (χ2n) is 5.64. The van der Waals surface area contributed by atoms with E-state index in [2.05, 4.69) is 58.8 Å². The average Bonchev–Trinajstić information content (AvgIpc) is 2.41. The van der Waals surface area contributed by atoms with E-state index in [4.69, 9.17) is 0 Å². The first-order chi connectivity index (χ1) is 8.53. The Kier molecular flexibility index (Phi) is 8.89. The molecule has 2 nitrogen and oxygen atoms in total. The molecule has 110 valence electrons. The van der Waals surface area contributed by atoms with Crippen molar-refractivity contribution in [1.29, 1.82) is 0 Å². The van der Waals surface area contributed by atoms with Gasteiger partial charge in [0.1, 0.15) is 0 Å². The molecule has 1 N–H and O–H groups in total. The maximum Gasteiger partial charge on any atom is 0.0331 e. The number of likely N-dealkylation sites (N-methyl/N-ethyl adjacent to an activating group) is 2. The van der Waals surface area contributed by atoms with Crippen LogP contribution in [0.15, 0.2) is 0 Å². The Hall–Kier alpha value is -0.0800. The van der Waals surface area contributed by atoms with Crippen LogP contribution in [0.25, 0.3) is 0 Å². The molecule has 2 heteroatoms. The maximum atomic E-state index is 3.60. The summed E-state index contributed by atoms with van der Waals surface area (Å²) >= 11 is 0. The van der Waals surface area contributed by atoms with Crippen LogP contribution in [-0.4, -0.2) is 36.6 Å². The van der Waals surface area contributed by atoms with Gasteiger partial charge in [-0.3, -0.25) is 4.90 Å². The van der Waals surface area contributed by atoms with E-state index in [1.165, 1.54) is 25.7 Å². The van der Waals surface area contributed by atoms with Crippen molar-refractivity contribution in [1.82, 2.24) is 10.2 Å². The monoisotopic (exact) mass is 256 g/mol. The molecule has 0 bridgehead atoms. The van der Waals surface area contributed by atoms with E-state index in [0.717, 1.165) is 19.0 Å². The minimum Gasteiger partial charge on any atom is -0.315 e. The molecule has 0 aliphatic rings. The molecule has 2 atom stereocenters. The molecule has 0 fully saturated rings. The fourth-order valence-electron chi connectivity index (χ4n) is 3.27. The summed E-state index contributed by atoms with van der Waals surface area (Å²) in [5.41, 5.74) is 0.279. The van der Waals surface area contributed by atoms with Crippen molar-refractivity contribution < 1.29 is 0 Å². The van der Waals surface area contributed by atoms with E-state index in [1.54, 1.807) is 0 Å². The van der Waals surface area contributed by atoms with Gasteiger partial charge in [-0.25, -0.2) is 0 Å². The highest BCUT2D eigenvalue weighted by atomic mass is 15.2. The van der Waals surface area contributed by atoms with Crippen molar-refractivity contribution in [2.75, 3.05) is 20.1 Å². The van der Waals surface area contributed by atoms with Gasteiger partial charge in [0.15, 0.2) is 0 Å². The highest BCUT2D eigenvalue weighted by Crippen LogP contribution is 2.29. The van der Waals surface area contributed by atoms with Gasteiger partial charge in [0.05, 0.1) is 0 Å². The summed E-state index contributed by atoms with van der Waals surface area (Å²) in [7, 11) is 2.13. The van der Waals surface area contributed by atoms with Gasteiger partial charge >= 0.3 is 0 Å². The second-order valence-corrected chi connectivity index (χ2v) is 5.64. The van der Waals surface area contributed by atoms with Gasteiger partial charge in [0.2, 0.25) is 0 Å². The molecule has 0 spiro atoms. The molecular weight excluding hydrogens is 220 g/mol. The lowest BCUT2D eigenvalue weighted by molar-refractivity contribution is 0.0622. The fourth-order valence-corrected chi connectivity index (χ4v) is 3.27. The largest absolute Gasteiger partial charge is 0.315 e. The summed E-state index contributed by atoms with van der Waals surface area (Å²) in [6.45, 7) is 16.2. The van der Waals surface area contributed by atoms with Crippen LogP contribution in [-0.2, 0) is 0 Å². The number of hydrogen-bond donors (Lipinski definition) is 1. The van der Waals surface area contributed by atoms with Gasteiger partial charge in [-0.15, -0.1) is 0 Å². The van der Waals surface area contributed by atoms with Crippen LogP contribution in [0, 0.1) is 5.92 Å². The van der Waals surface area contributed by atoms with Crippen LogP contribution in [0.5, 0.6) is 0 Å². The van der Waals surface area contributed by atoms with E-state index in [0.29, 0.717) is 6.04 Å². The Bertz CT molecular complexity index is 197. The predicted molar refractivity (Wildman–Crippen MR) is 83.2 cm³/mol. The van der Waals surface area contributed by atoms with E-state index < -0.39 is 0 Å². The van der Waals surface area contributed by atoms with Gasteiger partial charge in [0, 0.05) is 11.6 Å². The number of hydrogen-bond acceptors (Lipinski definition) is 2. The third-order valence-electron chi connectivity index (χ3n) is 5.02. The summed E-state index contributed by atoms with van der Waals surface area (Å²) in [4.78, 5) is 2.62. The maximum absolute atomic E-state index is 3.60. The highest BCUT2D eigenvalue weighted by molar-refractivity contribution is 4.96. The van der Waals surface area contributed by atoms with Crippen LogP contribution >= 0.6 is 0 Å². The lowest BCUT2D eigenvalue weighted by Crippen LogP contribution is -2.59. The minimum absolute atomic E-state index is 0.279. The molecular formula is C16H36N2. The van der Waals surface area contributed by atoms with Gasteiger partial charge in [-0.1, -0.05) is 47.5 Å². The lowest BCUT2D eigenvalue weighted by Gasteiger charge is -2.46. The van der Waals surface area contributed by atoms with Crippen LogP contribution in [0.1, 0.15) is 67.2 Å². The van der Waals surface area contributed by atoms with Crippen molar-refractivity contribution in [2.24, 2.45) is 5.92 Å². The van der Waals surface area contributed by atoms with Gasteiger partial charge in [0.25, 0.3) is 0 Å². The van der Waals surface area contributed by atoms with E-state index in [9.17, 15) is 0 Å². The Morgan fingerprint density at radius 3 is 1.78 bits per heavy atom. The SMILES string of the molecule is CCC(CC)CC(NC)C(C)(CC)N(CC)CC. The molecule has 0 aromatic rings. The van der Waals surface area contributed by atoms with Crippen molar-refractivity contribution >= 4 is 0 Å². The molecule has 0 rings (SSSR count). The third-order valence-corrected chi connectivity index (χ3v) is 5.02. The molecule has 0 radical (unpaired) electrons. The number of rotatable bonds is 10. The van der Waals surface area contributed by atoms with Crippen molar-refractivity contribution in [3.63, 3.8) is 0 Å². The van der Waals surface area contributed by atoms with Gasteiger partial charge in [-0.05, 0) is 45.8 Å². The van der Waals surface area contributed by atoms with Crippen molar-refractivity contribution in [2.45, 2.75) is 78.8 Å². The molecule has 0 saturated heterocycles. The molecule has 18 heavy (non-hydrogen) atoms. The first-order valence-corrected chi connectivity index (χ1v) is 7.96. The Morgan fingerprint density at radius 2 is 1.50 bits per heavy atom. The van der Waals surface area contributed by atoms with E-state index >= 15 is 0 Å². The van der Waals surface area contributed by atoms with Crippen LogP contribution in [0.3, 0.4) is 0 Å². The van der Waals surface area contributed by atoms with Crippen molar-refractivity contribution in [3.05, 3.63) is 0 Å². The third kappa shape index (κ3) is 4.24. The highest BCUT2D eigenvalue weighted by Gasteiger charge is 2.36. The summed E-state index contributed by atoms with van der Waals surface area (Å²) < 4.78 is 0. The first kappa shape index (κ1) is 17.9. The zero-order valence-electron chi connectivity index (χ0n) is 13.8. The average molecular weight is 256 g/mol. The Balaban J connectivity index is 4.94. The minimum atomic E-state index is 0.279. The topological polar surface area (TPSA) is 15.3 Å². The van der Waals surface area contributed by atoms with Gasteiger partial charge in [-0.2, -0.15) is 0 Å². The molecule has 0 saturated carbocycles. The second kappa shape index (κ2) is 8.92. The van der Waals surface area contributed by atoms with Crippen molar-refractivity contribution in [3.8, 4) is 0 Å². The molecule has 2 unspecified atom stereocenters. The molecule has 0 aliphatic carbocycles. The zero-order valence-corrected chi connectivity index (χ0v) is 13.8. The summed E-state index contributed by atoms with van der Waals surface area (Å²) in [5.74, 6) is 0.851. The standard InChI is InChI=1S/C16H36N2/c1-8-14(9-2)13-15(17-7)16(6,10-3)18(11-4)12-5/h14-15,17H,8-13H2,1-7H3. The summed E-state index contributed by atoms with van der Waals surface area (Å²) in [6.07, 6.45) is 5.10. The Labute approximate surface area is 116 Å². The molecule has 0 aromatic heterocycles. The summed E-state index contributed by atoms with van der Waals surface area (Å²) in [5, 5.41) is 3.60. The molecule has 0 amide bonds. The molecule has 0 aliphatic heterocycles. The normalized spacial score (nSPS) is 17.2. The molecule has 0 heterocycles. The lowest BCUT2D eigenvalue weighted by atomic mass is 9.80. The predicted octanol–water partition coefficient (Wildman–Crippen LogP) is 3.91. The van der Waals surface area contributed by atoms with E-state index in [1.807, 2.05) is 0 Å². The first-order valence-electron chi connectivity index (χ1n) is 7.96. The zero-order chi connectivity index (χ0) is 14.2. The van der Waals surface area contributed by atoms with Crippen LogP contribution in [0.4, 0.5) is 0 Å². The fraction of sp³-hybridized carbons (Fsp3) is 1.00. The van der Waals surface area contributed by atoms with Crippen LogP contribution < -0.4 is 5.32 Å². The van der Waals surface area contributed by atoms with Gasteiger partial charge < -0.3 is 5.32 Å². The summed E-state index contributed by atoms with van der Waals surface area (Å²) in [6, 6.07) is 0.590. The van der Waals surface area contributed by atoms with Crippen LogP contribution in [0.2, 0.25) is 0 Å². The quantitative estimate of drug-likeness (QED) is 0.637. The molecule has 0 aromatic carbocycles. The number of nitrogens with zero attached hydrogens (tertiary/aromatic N) is 1. The van der Waals surface area contributed by atoms with E-state index in [-0.39, 0.29) is 5.54 Å². The number of nitrogens with one attached hydrogen (secondary N) is 1. The Morgan fingerprint density at radius 1 is 1.00 bits per heavy atom. The smallest absolute Gasteiger partial charge is 0.0331 e.